The van der Waals surface area contributed by atoms with E-state index in [4.69, 9.17) is 15.2 Å². The first-order valence-electron chi connectivity index (χ1n) is 6.81. The third-order valence-electron chi connectivity index (χ3n) is 3.46. The summed E-state index contributed by atoms with van der Waals surface area (Å²) in [7, 11) is 0. The maximum Gasteiger partial charge on any atom is 0.165 e. The highest BCUT2D eigenvalue weighted by Crippen LogP contribution is 2.42. The molecule has 3 N–H and O–H groups in total. The molecule has 0 saturated carbocycles. The fourth-order valence-electron chi connectivity index (χ4n) is 2.37. The molecule has 0 amide bonds. The molecule has 2 atom stereocenters. The van der Waals surface area contributed by atoms with Crippen LogP contribution in [0, 0.1) is 0 Å². The van der Waals surface area contributed by atoms with Crippen LogP contribution in [0.5, 0.6) is 11.5 Å². The molecule has 1 heterocycles. The lowest BCUT2D eigenvalue weighted by Crippen LogP contribution is -2.41. The molecule has 1 aliphatic heterocycles. The van der Waals surface area contributed by atoms with Gasteiger partial charge in [0.1, 0.15) is 11.7 Å². The van der Waals surface area contributed by atoms with Crippen LogP contribution in [0.15, 0.2) is 18.2 Å². The van der Waals surface area contributed by atoms with E-state index in [0.717, 1.165) is 24.2 Å². The predicted molar refractivity (Wildman–Crippen MR) is 74.6 cm³/mol. The Kier molecular flexibility index (Phi) is 4.02. The molecule has 106 valence electrons. The molecule has 0 fully saturated rings. The standard InChI is InChI=1S/C15H23NO3/c1-4-11(16)13(9-17)18-12-7-5-6-10-8-15(2,3)19-14(10)12/h5-7,11,13,17H,4,8-9,16H2,1-3H3. The Morgan fingerprint density at radius 2 is 2.21 bits per heavy atom. The highest BCUT2D eigenvalue weighted by atomic mass is 16.5. The Morgan fingerprint density at radius 1 is 1.47 bits per heavy atom. The van der Waals surface area contributed by atoms with Gasteiger partial charge in [-0.05, 0) is 26.3 Å². The Labute approximate surface area is 114 Å². The molecule has 2 unspecified atom stereocenters. The second-order valence-electron chi connectivity index (χ2n) is 5.69. The summed E-state index contributed by atoms with van der Waals surface area (Å²) >= 11 is 0. The minimum absolute atomic E-state index is 0.0952. The zero-order valence-corrected chi connectivity index (χ0v) is 11.8. The van der Waals surface area contributed by atoms with Gasteiger partial charge in [0.2, 0.25) is 0 Å². The van der Waals surface area contributed by atoms with Crippen molar-refractivity contribution in [2.45, 2.75) is 51.4 Å². The third-order valence-corrected chi connectivity index (χ3v) is 3.46. The number of hydrogen-bond acceptors (Lipinski definition) is 4. The maximum atomic E-state index is 9.39. The van der Waals surface area contributed by atoms with Crippen LogP contribution in [0.1, 0.15) is 32.8 Å². The number of aliphatic hydroxyl groups excluding tert-OH is 1. The molecule has 0 radical (unpaired) electrons. The molecular formula is C15H23NO3. The van der Waals surface area contributed by atoms with Gasteiger partial charge in [-0.15, -0.1) is 0 Å². The number of benzene rings is 1. The van der Waals surface area contributed by atoms with E-state index in [2.05, 4.69) is 13.8 Å². The van der Waals surface area contributed by atoms with Crippen LogP contribution in [0.25, 0.3) is 0 Å². The van der Waals surface area contributed by atoms with Crippen LogP contribution < -0.4 is 15.2 Å². The van der Waals surface area contributed by atoms with E-state index in [0.29, 0.717) is 5.75 Å². The summed E-state index contributed by atoms with van der Waals surface area (Å²) in [5.41, 5.74) is 6.89. The van der Waals surface area contributed by atoms with Crippen molar-refractivity contribution in [2.75, 3.05) is 6.61 Å². The highest BCUT2D eigenvalue weighted by Gasteiger charge is 2.33. The molecule has 0 spiro atoms. The molecule has 4 nitrogen and oxygen atoms in total. The average molecular weight is 265 g/mol. The largest absolute Gasteiger partial charge is 0.483 e. The van der Waals surface area contributed by atoms with Gasteiger partial charge in [0.15, 0.2) is 11.5 Å². The van der Waals surface area contributed by atoms with Gasteiger partial charge in [-0.3, -0.25) is 0 Å². The Hall–Kier alpha value is -1.26. The fraction of sp³-hybridized carbons (Fsp3) is 0.600. The minimum Gasteiger partial charge on any atom is -0.483 e. The summed E-state index contributed by atoms with van der Waals surface area (Å²) in [5, 5.41) is 9.39. The van der Waals surface area contributed by atoms with E-state index in [-0.39, 0.29) is 18.2 Å². The van der Waals surface area contributed by atoms with E-state index < -0.39 is 6.10 Å². The first kappa shape index (κ1) is 14.2. The topological polar surface area (TPSA) is 64.7 Å². The molecule has 2 rings (SSSR count). The lowest BCUT2D eigenvalue weighted by Gasteiger charge is -2.24. The number of hydrogen-bond donors (Lipinski definition) is 2. The summed E-state index contributed by atoms with van der Waals surface area (Å²) in [6.07, 6.45) is 1.22. The van der Waals surface area contributed by atoms with Crippen molar-refractivity contribution in [3.8, 4) is 11.5 Å². The van der Waals surface area contributed by atoms with E-state index in [9.17, 15) is 5.11 Å². The second kappa shape index (κ2) is 5.39. The number of fused-ring (bicyclic) bond motifs is 1. The fourth-order valence-corrected chi connectivity index (χ4v) is 2.37. The molecule has 0 aliphatic carbocycles. The van der Waals surface area contributed by atoms with Crippen molar-refractivity contribution in [1.82, 2.24) is 0 Å². The van der Waals surface area contributed by atoms with Crippen molar-refractivity contribution < 1.29 is 14.6 Å². The van der Waals surface area contributed by atoms with Crippen molar-refractivity contribution in [1.29, 1.82) is 0 Å². The summed E-state index contributed by atoms with van der Waals surface area (Å²) in [5.74, 6) is 1.46. The summed E-state index contributed by atoms with van der Waals surface area (Å²) < 4.78 is 11.8. The molecule has 0 bridgehead atoms. The van der Waals surface area contributed by atoms with Crippen LogP contribution in [-0.2, 0) is 6.42 Å². The van der Waals surface area contributed by atoms with E-state index in [1.165, 1.54) is 0 Å². The molecule has 1 aromatic rings. The van der Waals surface area contributed by atoms with Crippen molar-refractivity contribution >= 4 is 0 Å². The Morgan fingerprint density at radius 3 is 2.84 bits per heavy atom. The van der Waals surface area contributed by atoms with Crippen LogP contribution in [0.2, 0.25) is 0 Å². The normalized spacial score (nSPS) is 19.4. The van der Waals surface area contributed by atoms with E-state index >= 15 is 0 Å². The van der Waals surface area contributed by atoms with Gasteiger partial charge in [-0.25, -0.2) is 0 Å². The summed E-state index contributed by atoms with van der Waals surface area (Å²) in [6, 6.07) is 5.68. The molecule has 1 aliphatic rings. The zero-order chi connectivity index (χ0) is 14.0. The highest BCUT2D eigenvalue weighted by molar-refractivity contribution is 5.50. The van der Waals surface area contributed by atoms with Crippen LogP contribution in [-0.4, -0.2) is 29.5 Å². The first-order chi connectivity index (χ1) is 8.96. The number of nitrogens with two attached hydrogens (primary N) is 1. The molecule has 1 aromatic carbocycles. The molecular weight excluding hydrogens is 242 g/mol. The Bertz CT molecular complexity index is 445. The number of rotatable bonds is 5. The minimum atomic E-state index is -0.399. The number of para-hydroxylation sites is 1. The smallest absolute Gasteiger partial charge is 0.165 e. The van der Waals surface area contributed by atoms with Crippen LogP contribution in [0.3, 0.4) is 0 Å². The van der Waals surface area contributed by atoms with Gasteiger partial charge in [0, 0.05) is 18.0 Å². The van der Waals surface area contributed by atoms with Gasteiger partial charge < -0.3 is 20.3 Å². The molecule has 19 heavy (non-hydrogen) atoms. The lowest BCUT2D eigenvalue weighted by atomic mass is 10.0. The summed E-state index contributed by atoms with van der Waals surface area (Å²) in [6.45, 7) is 5.99. The van der Waals surface area contributed by atoms with Crippen molar-refractivity contribution in [3.63, 3.8) is 0 Å². The van der Waals surface area contributed by atoms with Gasteiger partial charge >= 0.3 is 0 Å². The Balaban J connectivity index is 2.21. The van der Waals surface area contributed by atoms with Gasteiger partial charge in [0.25, 0.3) is 0 Å². The van der Waals surface area contributed by atoms with Crippen LogP contribution >= 0.6 is 0 Å². The predicted octanol–water partition coefficient (Wildman–Crippen LogP) is 1.88. The van der Waals surface area contributed by atoms with Gasteiger partial charge in [0.05, 0.1) is 6.61 Å². The number of ether oxygens (including phenoxy) is 2. The van der Waals surface area contributed by atoms with E-state index in [1.807, 2.05) is 25.1 Å². The van der Waals surface area contributed by atoms with Gasteiger partial charge in [-0.1, -0.05) is 19.1 Å². The summed E-state index contributed by atoms with van der Waals surface area (Å²) in [4.78, 5) is 0. The third kappa shape index (κ3) is 3.01. The lowest BCUT2D eigenvalue weighted by molar-refractivity contribution is 0.0824. The maximum absolute atomic E-state index is 9.39. The zero-order valence-electron chi connectivity index (χ0n) is 11.8. The monoisotopic (exact) mass is 265 g/mol. The van der Waals surface area contributed by atoms with E-state index in [1.54, 1.807) is 0 Å². The SMILES string of the molecule is CCC(N)C(CO)Oc1cccc2c1OC(C)(C)C2. The average Bonchev–Trinajstić information content (AvgIpc) is 2.69. The first-order valence-corrected chi connectivity index (χ1v) is 6.81. The second-order valence-corrected chi connectivity index (χ2v) is 5.69. The number of aliphatic hydroxyl groups is 1. The van der Waals surface area contributed by atoms with Crippen molar-refractivity contribution in [3.05, 3.63) is 23.8 Å². The van der Waals surface area contributed by atoms with Crippen LogP contribution in [0.4, 0.5) is 0 Å². The van der Waals surface area contributed by atoms with Gasteiger partial charge in [-0.2, -0.15) is 0 Å². The quantitative estimate of drug-likeness (QED) is 0.853. The van der Waals surface area contributed by atoms with Crippen molar-refractivity contribution in [2.24, 2.45) is 5.73 Å². The molecule has 4 heteroatoms. The molecule has 0 aromatic heterocycles. The molecule has 0 saturated heterocycles.